The SMILES string of the molecule is COc1ccc2[nH]cc(C3CCN(C(=O)NC4CCS(=O)(=O)C4)CC3)c2c1. The number of carbonyl (C=O) groups excluding carboxylic acids is 1. The number of urea groups is 1. The van der Waals surface area contributed by atoms with Crippen LogP contribution in [0.5, 0.6) is 5.75 Å². The summed E-state index contributed by atoms with van der Waals surface area (Å²) in [6.45, 7) is 1.35. The number of nitrogens with one attached hydrogen (secondary N) is 2. The third-order valence-corrected chi connectivity index (χ3v) is 7.47. The summed E-state index contributed by atoms with van der Waals surface area (Å²) in [5, 5.41) is 4.06. The van der Waals surface area contributed by atoms with Crippen molar-refractivity contribution in [3.05, 3.63) is 30.0 Å². The Morgan fingerprint density at radius 2 is 2.04 bits per heavy atom. The van der Waals surface area contributed by atoms with Gasteiger partial charge < -0.3 is 19.9 Å². The fourth-order valence-electron chi connectivity index (χ4n) is 4.15. The molecule has 146 valence electrons. The number of carbonyl (C=O) groups is 1. The van der Waals surface area contributed by atoms with Gasteiger partial charge in [0.1, 0.15) is 5.75 Å². The van der Waals surface area contributed by atoms with E-state index in [0.29, 0.717) is 25.4 Å². The Morgan fingerprint density at radius 1 is 1.26 bits per heavy atom. The van der Waals surface area contributed by atoms with Crippen molar-refractivity contribution >= 4 is 26.8 Å². The lowest BCUT2D eigenvalue weighted by atomic mass is 9.89. The first-order chi connectivity index (χ1) is 12.9. The first-order valence-electron chi connectivity index (χ1n) is 9.36. The van der Waals surface area contributed by atoms with Gasteiger partial charge in [-0.05, 0) is 48.9 Å². The summed E-state index contributed by atoms with van der Waals surface area (Å²) in [6, 6.07) is 5.63. The molecule has 2 aromatic rings. The van der Waals surface area contributed by atoms with Crippen LogP contribution in [0.4, 0.5) is 4.79 Å². The maximum atomic E-state index is 12.5. The van der Waals surface area contributed by atoms with Crippen LogP contribution in [0.2, 0.25) is 0 Å². The topological polar surface area (TPSA) is 91.5 Å². The van der Waals surface area contributed by atoms with Gasteiger partial charge in [-0.15, -0.1) is 0 Å². The Balaban J connectivity index is 1.38. The Hall–Kier alpha value is -2.22. The highest BCUT2D eigenvalue weighted by molar-refractivity contribution is 7.91. The number of hydrogen-bond acceptors (Lipinski definition) is 4. The van der Waals surface area contributed by atoms with E-state index in [1.165, 1.54) is 10.9 Å². The van der Waals surface area contributed by atoms with Gasteiger partial charge in [-0.1, -0.05) is 0 Å². The molecule has 0 bridgehead atoms. The molecule has 0 saturated carbocycles. The van der Waals surface area contributed by atoms with E-state index in [-0.39, 0.29) is 23.6 Å². The van der Waals surface area contributed by atoms with E-state index >= 15 is 0 Å². The lowest BCUT2D eigenvalue weighted by Crippen LogP contribution is -2.48. The molecule has 27 heavy (non-hydrogen) atoms. The second kappa shape index (κ2) is 7.07. The van der Waals surface area contributed by atoms with Gasteiger partial charge in [-0.2, -0.15) is 0 Å². The maximum Gasteiger partial charge on any atom is 0.317 e. The molecular formula is C19H25N3O4S. The molecule has 7 nitrogen and oxygen atoms in total. The van der Waals surface area contributed by atoms with Crippen LogP contribution < -0.4 is 10.1 Å². The van der Waals surface area contributed by atoms with Crippen LogP contribution in [-0.2, 0) is 9.84 Å². The standard InChI is InChI=1S/C19H25N3O4S/c1-26-15-2-3-18-16(10-15)17(11-20-18)13-4-7-22(8-5-13)19(23)21-14-6-9-27(24,25)12-14/h2-3,10-11,13-14,20H,4-9,12H2,1H3,(H,21,23). The van der Waals surface area contributed by atoms with Gasteiger partial charge in [0, 0.05) is 36.2 Å². The van der Waals surface area contributed by atoms with Gasteiger partial charge in [0.15, 0.2) is 9.84 Å². The second-order valence-corrected chi connectivity index (χ2v) is 9.70. The molecule has 4 rings (SSSR count). The van der Waals surface area contributed by atoms with E-state index in [0.717, 1.165) is 24.1 Å². The zero-order chi connectivity index (χ0) is 19.0. The third-order valence-electron chi connectivity index (χ3n) is 5.70. The van der Waals surface area contributed by atoms with Crippen molar-refractivity contribution < 1.29 is 17.9 Å². The molecule has 1 aromatic carbocycles. The van der Waals surface area contributed by atoms with Gasteiger partial charge in [0.25, 0.3) is 0 Å². The summed E-state index contributed by atoms with van der Waals surface area (Å²) in [6.07, 6.45) is 4.36. The summed E-state index contributed by atoms with van der Waals surface area (Å²) >= 11 is 0. The first kappa shape index (κ1) is 18.2. The third kappa shape index (κ3) is 3.76. The van der Waals surface area contributed by atoms with Gasteiger partial charge in [0.2, 0.25) is 0 Å². The summed E-state index contributed by atoms with van der Waals surface area (Å²) in [4.78, 5) is 17.6. The molecule has 1 atom stereocenters. The number of methoxy groups -OCH3 is 1. The van der Waals surface area contributed by atoms with Crippen LogP contribution in [-0.4, -0.2) is 62.1 Å². The molecule has 2 N–H and O–H groups in total. The van der Waals surface area contributed by atoms with Crippen molar-refractivity contribution in [1.82, 2.24) is 15.2 Å². The molecule has 2 aliphatic rings. The van der Waals surface area contributed by atoms with Crippen molar-refractivity contribution in [1.29, 1.82) is 0 Å². The van der Waals surface area contributed by atoms with E-state index in [1.807, 2.05) is 12.1 Å². The first-order valence-corrected chi connectivity index (χ1v) is 11.2. The van der Waals surface area contributed by atoms with E-state index in [1.54, 1.807) is 12.0 Å². The van der Waals surface area contributed by atoms with Crippen LogP contribution >= 0.6 is 0 Å². The normalized spacial score (nSPS) is 22.9. The zero-order valence-corrected chi connectivity index (χ0v) is 16.2. The van der Waals surface area contributed by atoms with E-state index < -0.39 is 9.84 Å². The summed E-state index contributed by atoms with van der Waals surface area (Å²) in [5.41, 5.74) is 2.36. The quantitative estimate of drug-likeness (QED) is 0.840. The number of likely N-dealkylation sites (tertiary alicyclic amines) is 1. The predicted molar refractivity (Wildman–Crippen MR) is 104 cm³/mol. The molecule has 0 spiro atoms. The van der Waals surface area contributed by atoms with E-state index in [9.17, 15) is 13.2 Å². The number of aromatic amines is 1. The second-order valence-electron chi connectivity index (χ2n) is 7.47. The number of amides is 2. The molecule has 8 heteroatoms. The van der Waals surface area contributed by atoms with Crippen LogP contribution in [0.25, 0.3) is 10.9 Å². The number of nitrogens with zero attached hydrogens (tertiary/aromatic N) is 1. The molecule has 0 radical (unpaired) electrons. The summed E-state index contributed by atoms with van der Waals surface area (Å²) in [5.74, 6) is 1.46. The average Bonchev–Trinajstić information content (AvgIpc) is 3.23. The number of rotatable bonds is 3. The van der Waals surface area contributed by atoms with Crippen LogP contribution in [0.3, 0.4) is 0 Å². The predicted octanol–water partition coefficient (Wildman–Crippen LogP) is 2.25. The minimum absolute atomic E-state index is 0.0619. The van der Waals surface area contributed by atoms with Crippen molar-refractivity contribution in [2.24, 2.45) is 0 Å². The smallest absolute Gasteiger partial charge is 0.317 e. The van der Waals surface area contributed by atoms with Crippen LogP contribution in [0, 0.1) is 0 Å². The Morgan fingerprint density at radius 3 is 2.70 bits per heavy atom. The highest BCUT2D eigenvalue weighted by Gasteiger charge is 2.31. The van der Waals surface area contributed by atoms with Gasteiger partial charge >= 0.3 is 6.03 Å². The Kier molecular flexibility index (Phi) is 4.75. The molecule has 1 aromatic heterocycles. The number of aromatic nitrogens is 1. The van der Waals surface area contributed by atoms with Gasteiger partial charge in [-0.25, -0.2) is 13.2 Å². The van der Waals surface area contributed by atoms with E-state index in [4.69, 9.17) is 4.74 Å². The zero-order valence-electron chi connectivity index (χ0n) is 15.4. The summed E-state index contributed by atoms with van der Waals surface area (Å²) in [7, 11) is -1.32. The van der Waals surface area contributed by atoms with E-state index in [2.05, 4.69) is 22.6 Å². The van der Waals surface area contributed by atoms with Gasteiger partial charge in [0.05, 0.1) is 18.6 Å². The number of hydrogen-bond donors (Lipinski definition) is 2. The fourth-order valence-corrected chi connectivity index (χ4v) is 5.83. The molecule has 2 fully saturated rings. The molecular weight excluding hydrogens is 366 g/mol. The molecule has 2 amide bonds. The number of fused-ring (bicyclic) bond motifs is 1. The largest absolute Gasteiger partial charge is 0.497 e. The number of sulfone groups is 1. The summed E-state index contributed by atoms with van der Waals surface area (Å²) < 4.78 is 28.4. The number of ether oxygens (including phenoxy) is 1. The molecule has 3 heterocycles. The van der Waals surface area contributed by atoms with Crippen LogP contribution in [0.1, 0.15) is 30.7 Å². The Bertz CT molecular complexity index is 945. The molecule has 2 saturated heterocycles. The van der Waals surface area contributed by atoms with Crippen molar-refractivity contribution in [2.75, 3.05) is 31.7 Å². The lowest BCUT2D eigenvalue weighted by molar-refractivity contribution is 0.178. The van der Waals surface area contributed by atoms with Crippen LogP contribution in [0.15, 0.2) is 24.4 Å². The molecule has 2 aliphatic heterocycles. The highest BCUT2D eigenvalue weighted by atomic mass is 32.2. The highest BCUT2D eigenvalue weighted by Crippen LogP contribution is 2.34. The minimum atomic E-state index is -2.98. The van der Waals surface area contributed by atoms with Crippen molar-refractivity contribution in [3.8, 4) is 5.75 Å². The number of benzene rings is 1. The number of piperidine rings is 1. The van der Waals surface area contributed by atoms with Gasteiger partial charge in [-0.3, -0.25) is 0 Å². The lowest BCUT2D eigenvalue weighted by Gasteiger charge is -2.32. The molecule has 1 unspecified atom stereocenters. The fraction of sp³-hybridized carbons (Fsp3) is 0.526. The minimum Gasteiger partial charge on any atom is -0.497 e. The number of H-pyrrole nitrogens is 1. The van der Waals surface area contributed by atoms with Crippen molar-refractivity contribution in [3.63, 3.8) is 0 Å². The maximum absolute atomic E-state index is 12.5. The Labute approximate surface area is 159 Å². The average molecular weight is 391 g/mol. The monoisotopic (exact) mass is 391 g/mol. The van der Waals surface area contributed by atoms with Crippen molar-refractivity contribution in [2.45, 2.75) is 31.2 Å². The molecule has 0 aliphatic carbocycles.